The van der Waals surface area contributed by atoms with E-state index >= 15 is 0 Å². The molecule has 0 radical (unpaired) electrons. The molecule has 2 aromatic heterocycles. The van der Waals surface area contributed by atoms with Crippen LogP contribution >= 0.6 is 0 Å². The van der Waals surface area contributed by atoms with Crippen LogP contribution in [0.5, 0.6) is 0 Å². The standard InChI is InChI=1S/C26H35F2N9/c1-19(2)22-15-33-37(24(22)29)25(31-14-20-6-3-4-7-23(20)36-11-5-9-32-36)30-10-13-34-16-21(17-34)35-12-8-26(27,28)18-35/h3-7,9,11,15,19,21H,8,10,12-14,16-18,29H2,1-2H3,(H,30,31). The predicted octanol–water partition coefficient (Wildman–Crippen LogP) is 2.79. The van der Waals surface area contributed by atoms with E-state index < -0.39 is 5.92 Å². The number of benzene rings is 1. The number of hydrogen-bond acceptors (Lipinski definition) is 6. The molecule has 1 aromatic carbocycles. The van der Waals surface area contributed by atoms with E-state index in [-0.39, 0.29) is 24.9 Å². The smallest absolute Gasteiger partial charge is 0.261 e. The molecule has 3 aromatic rings. The summed E-state index contributed by atoms with van der Waals surface area (Å²) < 4.78 is 30.6. The SMILES string of the molecule is CC(C)c1cnn(C(=NCc2ccccc2-n2cccn2)NCCN2CC(N3CCC(F)(F)C3)C2)c1N. The third-order valence-corrected chi connectivity index (χ3v) is 7.17. The van der Waals surface area contributed by atoms with E-state index in [0.717, 1.165) is 36.4 Å². The summed E-state index contributed by atoms with van der Waals surface area (Å²) in [5.74, 6) is -1.15. The van der Waals surface area contributed by atoms with Crippen molar-refractivity contribution in [1.82, 2.24) is 34.7 Å². The lowest BCUT2D eigenvalue weighted by atomic mass is 10.1. The molecule has 9 nitrogen and oxygen atoms in total. The van der Waals surface area contributed by atoms with Gasteiger partial charge in [0.05, 0.1) is 25.0 Å². The van der Waals surface area contributed by atoms with Crippen LogP contribution in [-0.2, 0) is 6.54 Å². The zero-order valence-corrected chi connectivity index (χ0v) is 21.4. The molecule has 0 saturated carbocycles. The minimum atomic E-state index is -2.54. The molecule has 0 atom stereocenters. The Morgan fingerprint density at radius 2 is 2.03 bits per heavy atom. The second-order valence-corrected chi connectivity index (χ2v) is 10.2. The third-order valence-electron chi connectivity index (χ3n) is 7.17. The lowest BCUT2D eigenvalue weighted by Gasteiger charge is -2.44. The van der Waals surface area contributed by atoms with Crippen molar-refractivity contribution in [3.8, 4) is 5.69 Å². The molecule has 0 unspecified atom stereocenters. The highest BCUT2D eigenvalue weighted by atomic mass is 19.3. The number of halogens is 2. The lowest BCUT2D eigenvalue weighted by molar-refractivity contribution is -0.0113. The van der Waals surface area contributed by atoms with Crippen LogP contribution < -0.4 is 11.1 Å². The van der Waals surface area contributed by atoms with E-state index in [9.17, 15) is 8.78 Å². The first-order valence-electron chi connectivity index (χ1n) is 12.8. The van der Waals surface area contributed by atoms with Gasteiger partial charge >= 0.3 is 0 Å². The second-order valence-electron chi connectivity index (χ2n) is 10.2. The normalized spacial score (nSPS) is 19.0. The van der Waals surface area contributed by atoms with Gasteiger partial charge in [0.1, 0.15) is 5.82 Å². The lowest BCUT2D eigenvalue weighted by Crippen LogP contribution is -2.60. The Morgan fingerprint density at radius 1 is 1.22 bits per heavy atom. The Balaban J connectivity index is 1.26. The monoisotopic (exact) mass is 511 g/mol. The van der Waals surface area contributed by atoms with Gasteiger partial charge in [-0.1, -0.05) is 32.0 Å². The van der Waals surface area contributed by atoms with Crippen LogP contribution in [0, 0.1) is 0 Å². The summed E-state index contributed by atoms with van der Waals surface area (Å²) in [6, 6.07) is 10.1. The Bertz CT molecular complexity index is 1210. The number of nitrogens with two attached hydrogens (primary N) is 1. The average molecular weight is 512 g/mol. The quantitative estimate of drug-likeness (QED) is 0.357. The maximum atomic E-state index is 13.5. The van der Waals surface area contributed by atoms with Crippen LogP contribution in [-0.4, -0.2) is 86.6 Å². The fraction of sp³-hybridized carbons (Fsp3) is 0.500. The number of likely N-dealkylation sites (tertiary alicyclic amines) is 2. The highest BCUT2D eigenvalue weighted by Gasteiger charge is 2.43. The molecular weight excluding hydrogens is 476 g/mol. The van der Waals surface area contributed by atoms with Gasteiger partial charge in [-0.2, -0.15) is 14.9 Å². The summed E-state index contributed by atoms with van der Waals surface area (Å²) in [5.41, 5.74) is 9.41. The van der Waals surface area contributed by atoms with E-state index in [1.807, 2.05) is 46.1 Å². The summed E-state index contributed by atoms with van der Waals surface area (Å²) in [4.78, 5) is 9.07. The number of rotatable bonds is 8. The number of aliphatic imine (C=N–C) groups is 1. The molecule has 5 rings (SSSR count). The number of para-hydroxylation sites is 1. The fourth-order valence-corrected chi connectivity index (χ4v) is 4.98. The molecule has 2 aliphatic heterocycles. The molecule has 0 bridgehead atoms. The number of nitrogens with zero attached hydrogens (tertiary/aromatic N) is 7. The molecule has 11 heteroatoms. The topological polar surface area (TPSA) is 92.5 Å². The first-order chi connectivity index (χ1) is 17.8. The molecular formula is C26H35F2N9. The maximum absolute atomic E-state index is 13.5. The van der Waals surface area contributed by atoms with Gasteiger partial charge < -0.3 is 11.1 Å². The van der Waals surface area contributed by atoms with Crippen molar-refractivity contribution in [3.05, 3.63) is 60.0 Å². The van der Waals surface area contributed by atoms with Crippen LogP contribution in [0.2, 0.25) is 0 Å². The van der Waals surface area contributed by atoms with Gasteiger partial charge in [-0.15, -0.1) is 0 Å². The van der Waals surface area contributed by atoms with Gasteiger partial charge in [-0.05, 0) is 23.6 Å². The molecule has 2 fully saturated rings. The van der Waals surface area contributed by atoms with Crippen LogP contribution in [0.4, 0.5) is 14.6 Å². The highest BCUT2D eigenvalue weighted by Crippen LogP contribution is 2.30. The zero-order valence-electron chi connectivity index (χ0n) is 21.4. The van der Waals surface area contributed by atoms with Crippen LogP contribution in [0.25, 0.3) is 5.69 Å². The number of anilines is 1. The first kappa shape index (κ1) is 25.3. The largest absolute Gasteiger partial charge is 0.383 e. The Kier molecular flexibility index (Phi) is 7.25. The van der Waals surface area contributed by atoms with Gasteiger partial charge in [-0.3, -0.25) is 9.80 Å². The third kappa shape index (κ3) is 5.67. The summed E-state index contributed by atoms with van der Waals surface area (Å²) >= 11 is 0. The van der Waals surface area contributed by atoms with Crippen LogP contribution in [0.15, 0.2) is 53.9 Å². The Morgan fingerprint density at radius 3 is 2.70 bits per heavy atom. The minimum Gasteiger partial charge on any atom is -0.383 e. The van der Waals surface area contributed by atoms with E-state index in [2.05, 4.69) is 34.3 Å². The number of nitrogens with one attached hydrogen (secondary N) is 1. The number of alkyl halides is 2. The van der Waals surface area contributed by atoms with Gasteiger partial charge in [0, 0.05) is 63.1 Å². The van der Waals surface area contributed by atoms with Gasteiger partial charge in [0.15, 0.2) is 0 Å². The number of hydrogen-bond donors (Lipinski definition) is 2. The number of nitrogen functional groups attached to an aromatic ring is 1. The molecule has 0 amide bonds. The average Bonchev–Trinajstić information content (AvgIpc) is 3.58. The summed E-state index contributed by atoms with van der Waals surface area (Å²) in [5, 5.41) is 12.3. The summed E-state index contributed by atoms with van der Waals surface area (Å²) in [7, 11) is 0. The summed E-state index contributed by atoms with van der Waals surface area (Å²) in [6.07, 6.45) is 5.42. The Hall–Kier alpha value is -3.31. The van der Waals surface area contributed by atoms with Crippen molar-refractivity contribution in [2.24, 2.45) is 4.99 Å². The second kappa shape index (κ2) is 10.6. The van der Waals surface area contributed by atoms with Crippen molar-refractivity contribution < 1.29 is 8.78 Å². The summed E-state index contributed by atoms with van der Waals surface area (Å²) in [6.45, 7) is 7.99. The number of aromatic nitrogens is 4. The van der Waals surface area contributed by atoms with E-state index in [0.29, 0.717) is 31.4 Å². The molecule has 0 aliphatic carbocycles. The van der Waals surface area contributed by atoms with Crippen molar-refractivity contribution in [2.45, 2.75) is 44.7 Å². The molecule has 2 saturated heterocycles. The zero-order chi connectivity index (χ0) is 26.0. The predicted molar refractivity (Wildman–Crippen MR) is 140 cm³/mol. The highest BCUT2D eigenvalue weighted by molar-refractivity contribution is 5.84. The first-order valence-corrected chi connectivity index (χ1v) is 12.8. The van der Waals surface area contributed by atoms with Gasteiger partial charge in [0.25, 0.3) is 5.92 Å². The van der Waals surface area contributed by atoms with Crippen molar-refractivity contribution in [3.63, 3.8) is 0 Å². The van der Waals surface area contributed by atoms with E-state index in [4.69, 9.17) is 10.7 Å². The van der Waals surface area contributed by atoms with Gasteiger partial charge in [-0.25, -0.2) is 18.5 Å². The van der Waals surface area contributed by atoms with Crippen LogP contribution in [0.1, 0.15) is 37.3 Å². The molecule has 198 valence electrons. The Labute approximate surface area is 215 Å². The fourth-order valence-electron chi connectivity index (χ4n) is 4.98. The van der Waals surface area contributed by atoms with E-state index in [1.165, 1.54) is 0 Å². The molecule has 3 N–H and O–H groups in total. The minimum absolute atomic E-state index is 0.0297. The molecule has 4 heterocycles. The van der Waals surface area contributed by atoms with Crippen molar-refractivity contribution >= 4 is 11.8 Å². The molecule has 37 heavy (non-hydrogen) atoms. The van der Waals surface area contributed by atoms with Crippen LogP contribution in [0.3, 0.4) is 0 Å². The van der Waals surface area contributed by atoms with Crippen molar-refractivity contribution in [1.29, 1.82) is 0 Å². The molecule has 2 aliphatic rings. The molecule has 0 spiro atoms. The van der Waals surface area contributed by atoms with E-state index in [1.54, 1.807) is 17.1 Å². The van der Waals surface area contributed by atoms with Gasteiger partial charge in [0.2, 0.25) is 5.96 Å². The van der Waals surface area contributed by atoms with Crippen molar-refractivity contribution in [2.75, 3.05) is 45.0 Å². The maximum Gasteiger partial charge on any atom is 0.261 e.